The first-order valence-electron chi connectivity index (χ1n) is 6.95. The highest BCUT2D eigenvalue weighted by Gasteiger charge is 2.10. The molecular weight excluding hydrogens is 206 g/mol. The molecule has 0 bridgehead atoms. The second kappa shape index (κ2) is 8.30. The predicted molar refractivity (Wildman–Crippen MR) is 77.1 cm³/mol. The topological polar surface area (TPSA) is 12.0 Å². The summed E-state index contributed by atoms with van der Waals surface area (Å²) in [6.07, 6.45) is 15.1. The molecule has 1 heteroatoms. The fourth-order valence-corrected chi connectivity index (χ4v) is 2.20. The van der Waals surface area contributed by atoms with Crippen LogP contribution in [0.25, 0.3) is 0 Å². The average molecular weight is 233 g/mol. The third-order valence-corrected chi connectivity index (χ3v) is 3.40. The van der Waals surface area contributed by atoms with Gasteiger partial charge in [-0.05, 0) is 32.1 Å². The molecule has 17 heavy (non-hydrogen) atoms. The summed E-state index contributed by atoms with van der Waals surface area (Å²) in [5, 5.41) is 3.69. The summed E-state index contributed by atoms with van der Waals surface area (Å²) in [5.74, 6) is 0.674. The molecule has 0 fully saturated rings. The van der Waals surface area contributed by atoms with E-state index in [1.165, 1.54) is 31.3 Å². The Labute approximate surface area is 107 Å². The zero-order valence-corrected chi connectivity index (χ0v) is 11.4. The Kier molecular flexibility index (Phi) is 6.95. The van der Waals surface area contributed by atoms with Crippen LogP contribution in [0.2, 0.25) is 0 Å². The van der Waals surface area contributed by atoms with Gasteiger partial charge in [0.1, 0.15) is 0 Å². The van der Waals surface area contributed by atoms with Gasteiger partial charge in [0.15, 0.2) is 0 Å². The van der Waals surface area contributed by atoms with E-state index in [2.05, 4.69) is 44.0 Å². The van der Waals surface area contributed by atoms with Gasteiger partial charge in [-0.3, -0.25) is 0 Å². The Morgan fingerprint density at radius 3 is 3.00 bits per heavy atom. The van der Waals surface area contributed by atoms with E-state index in [4.69, 9.17) is 0 Å². The lowest BCUT2D eigenvalue weighted by Gasteiger charge is -2.21. The number of allylic oxidation sites excluding steroid dienone is 3. The van der Waals surface area contributed by atoms with Crippen molar-refractivity contribution in [3.8, 4) is 0 Å². The molecule has 1 N–H and O–H groups in total. The van der Waals surface area contributed by atoms with Gasteiger partial charge >= 0.3 is 0 Å². The lowest BCUT2D eigenvalue weighted by atomic mass is 9.96. The Hall–Kier alpha value is -0.820. The lowest BCUT2D eigenvalue weighted by molar-refractivity contribution is 0.436. The molecule has 1 unspecified atom stereocenters. The molecule has 0 aromatic rings. The molecule has 0 aromatic carbocycles. The van der Waals surface area contributed by atoms with Crippen molar-refractivity contribution in [1.29, 1.82) is 0 Å². The smallest absolute Gasteiger partial charge is 0.0102 e. The molecule has 0 spiro atoms. The second-order valence-corrected chi connectivity index (χ2v) is 5.07. The van der Waals surface area contributed by atoms with Crippen molar-refractivity contribution >= 4 is 0 Å². The van der Waals surface area contributed by atoms with Crippen LogP contribution < -0.4 is 5.32 Å². The summed E-state index contributed by atoms with van der Waals surface area (Å²) in [4.78, 5) is 0. The maximum absolute atomic E-state index is 3.85. The molecule has 1 nitrogen and oxygen atoms in total. The first-order valence-corrected chi connectivity index (χ1v) is 6.95. The van der Waals surface area contributed by atoms with Gasteiger partial charge in [-0.25, -0.2) is 0 Å². The van der Waals surface area contributed by atoms with Crippen molar-refractivity contribution in [3.63, 3.8) is 0 Å². The number of hydrogen-bond acceptors (Lipinski definition) is 1. The molecule has 1 aliphatic carbocycles. The minimum atomic E-state index is 0.618. The van der Waals surface area contributed by atoms with Crippen LogP contribution in [-0.4, -0.2) is 12.6 Å². The standard InChI is InChI=1S/C16H27N/c1-4-6-8-16(7-5-2)17-13-15-11-9-14(3)10-12-15/h5,9-11,15-17H,2,4,6-8,12-13H2,1,3H3/t15-,16?/m0/s1. The van der Waals surface area contributed by atoms with Crippen molar-refractivity contribution < 1.29 is 0 Å². The van der Waals surface area contributed by atoms with Gasteiger partial charge in [0.25, 0.3) is 0 Å². The van der Waals surface area contributed by atoms with E-state index in [1.807, 2.05) is 6.08 Å². The average Bonchev–Trinajstić information content (AvgIpc) is 2.35. The minimum Gasteiger partial charge on any atom is -0.313 e. The Balaban J connectivity index is 2.26. The summed E-state index contributed by atoms with van der Waals surface area (Å²) in [6, 6.07) is 0.618. The maximum atomic E-state index is 3.85. The molecule has 0 aromatic heterocycles. The van der Waals surface area contributed by atoms with E-state index in [0.29, 0.717) is 12.0 Å². The van der Waals surface area contributed by atoms with Crippen LogP contribution in [0.5, 0.6) is 0 Å². The normalized spacial score (nSPS) is 21.1. The number of unbranched alkanes of at least 4 members (excludes halogenated alkanes) is 1. The molecule has 0 saturated carbocycles. The van der Waals surface area contributed by atoms with E-state index in [0.717, 1.165) is 13.0 Å². The summed E-state index contributed by atoms with van der Waals surface area (Å²) in [5.41, 5.74) is 1.40. The molecule has 0 saturated heterocycles. The van der Waals surface area contributed by atoms with Gasteiger partial charge in [0.05, 0.1) is 0 Å². The molecule has 1 aliphatic rings. The summed E-state index contributed by atoms with van der Waals surface area (Å²) in [6.45, 7) is 9.37. The summed E-state index contributed by atoms with van der Waals surface area (Å²) >= 11 is 0. The van der Waals surface area contributed by atoms with Gasteiger partial charge in [0.2, 0.25) is 0 Å². The third-order valence-electron chi connectivity index (χ3n) is 3.40. The fourth-order valence-electron chi connectivity index (χ4n) is 2.20. The van der Waals surface area contributed by atoms with Crippen molar-refractivity contribution in [2.75, 3.05) is 6.54 Å². The monoisotopic (exact) mass is 233 g/mol. The van der Waals surface area contributed by atoms with Crippen LogP contribution in [0.15, 0.2) is 36.5 Å². The second-order valence-electron chi connectivity index (χ2n) is 5.07. The highest BCUT2D eigenvalue weighted by molar-refractivity contribution is 5.21. The first kappa shape index (κ1) is 14.2. The molecule has 1 rings (SSSR count). The van der Waals surface area contributed by atoms with Crippen molar-refractivity contribution in [2.45, 2.75) is 52.0 Å². The van der Waals surface area contributed by atoms with Crippen molar-refractivity contribution in [1.82, 2.24) is 5.32 Å². The van der Waals surface area contributed by atoms with E-state index in [9.17, 15) is 0 Å². The van der Waals surface area contributed by atoms with Crippen molar-refractivity contribution in [2.24, 2.45) is 5.92 Å². The number of hydrogen-bond donors (Lipinski definition) is 1. The Morgan fingerprint density at radius 1 is 1.59 bits per heavy atom. The molecule has 0 amide bonds. The highest BCUT2D eigenvalue weighted by Crippen LogP contribution is 2.16. The van der Waals surface area contributed by atoms with E-state index < -0.39 is 0 Å². The van der Waals surface area contributed by atoms with Crippen molar-refractivity contribution in [3.05, 3.63) is 36.5 Å². The zero-order chi connectivity index (χ0) is 12.5. The molecule has 0 aliphatic heterocycles. The van der Waals surface area contributed by atoms with Gasteiger partial charge in [-0.15, -0.1) is 6.58 Å². The number of rotatable bonds is 8. The van der Waals surface area contributed by atoms with E-state index >= 15 is 0 Å². The Morgan fingerprint density at radius 2 is 2.41 bits per heavy atom. The predicted octanol–water partition coefficient (Wildman–Crippen LogP) is 4.23. The van der Waals surface area contributed by atoms with Gasteiger partial charge in [0, 0.05) is 12.6 Å². The lowest BCUT2D eigenvalue weighted by Crippen LogP contribution is -2.32. The van der Waals surface area contributed by atoms with Gasteiger partial charge in [-0.2, -0.15) is 0 Å². The van der Waals surface area contributed by atoms with Crippen LogP contribution in [-0.2, 0) is 0 Å². The van der Waals surface area contributed by atoms with Crippen LogP contribution in [0.1, 0.15) is 46.0 Å². The maximum Gasteiger partial charge on any atom is 0.0102 e. The molecular formula is C16H27N. The number of nitrogens with one attached hydrogen (secondary N) is 1. The van der Waals surface area contributed by atoms with E-state index in [1.54, 1.807) is 0 Å². The molecule has 0 heterocycles. The SMILES string of the molecule is C=CCC(CCCC)NC[C@H]1C=CC(C)=CC1. The van der Waals surface area contributed by atoms with Crippen LogP contribution >= 0.6 is 0 Å². The quantitative estimate of drug-likeness (QED) is 0.619. The molecule has 96 valence electrons. The van der Waals surface area contributed by atoms with Crippen LogP contribution in [0, 0.1) is 5.92 Å². The highest BCUT2D eigenvalue weighted by atomic mass is 14.9. The molecule has 2 atom stereocenters. The summed E-state index contributed by atoms with van der Waals surface area (Å²) in [7, 11) is 0. The van der Waals surface area contributed by atoms with Gasteiger partial charge < -0.3 is 5.32 Å². The fraction of sp³-hybridized carbons (Fsp3) is 0.625. The Bertz CT molecular complexity index is 275. The van der Waals surface area contributed by atoms with Gasteiger partial charge in [-0.1, -0.05) is 49.6 Å². The zero-order valence-electron chi connectivity index (χ0n) is 11.4. The minimum absolute atomic E-state index is 0.618. The largest absolute Gasteiger partial charge is 0.313 e. The van der Waals surface area contributed by atoms with E-state index in [-0.39, 0.29) is 0 Å². The third kappa shape index (κ3) is 5.88. The van der Waals surface area contributed by atoms with Crippen LogP contribution in [0.3, 0.4) is 0 Å². The van der Waals surface area contributed by atoms with Crippen LogP contribution in [0.4, 0.5) is 0 Å². The summed E-state index contributed by atoms with van der Waals surface area (Å²) < 4.78 is 0. The first-order chi connectivity index (χ1) is 8.26. The molecule has 0 radical (unpaired) electrons.